The molecule has 0 bridgehead atoms. The van der Waals surface area contributed by atoms with Crippen molar-refractivity contribution in [2.75, 3.05) is 11.9 Å². The molecule has 3 N–H and O–H groups in total. The summed E-state index contributed by atoms with van der Waals surface area (Å²) in [5.74, 6) is -0.0549. The van der Waals surface area contributed by atoms with Crippen LogP contribution in [0.1, 0.15) is 19.8 Å². The van der Waals surface area contributed by atoms with Gasteiger partial charge in [-0.3, -0.25) is 4.79 Å². The van der Waals surface area contributed by atoms with Gasteiger partial charge in [-0.1, -0.05) is 31.5 Å². The first-order valence-corrected chi connectivity index (χ1v) is 5.34. The highest BCUT2D eigenvalue weighted by Crippen LogP contribution is 2.10. The van der Waals surface area contributed by atoms with E-state index in [0.29, 0.717) is 6.54 Å². The number of anilines is 1. The molecule has 1 atom stereocenters. The SMILES string of the molecule is CCCC(CN)C(=O)Nc1ccccc1. The van der Waals surface area contributed by atoms with Gasteiger partial charge in [0.15, 0.2) is 0 Å². The summed E-state index contributed by atoms with van der Waals surface area (Å²) in [6.45, 7) is 2.46. The second-order valence-electron chi connectivity index (χ2n) is 3.58. The third kappa shape index (κ3) is 3.72. The third-order valence-corrected chi connectivity index (χ3v) is 2.33. The molecule has 3 heteroatoms. The molecule has 1 rings (SSSR count). The molecule has 0 fully saturated rings. The first-order chi connectivity index (χ1) is 7.27. The number of nitrogens with one attached hydrogen (secondary N) is 1. The van der Waals surface area contributed by atoms with Crippen LogP contribution >= 0.6 is 0 Å². The van der Waals surface area contributed by atoms with Crippen molar-refractivity contribution >= 4 is 11.6 Å². The van der Waals surface area contributed by atoms with Gasteiger partial charge in [0.2, 0.25) is 5.91 Å². The number of benzene rings is 1. The Bertz CT molecular complexity index is 298. The molecular formula is C12H18N2O. The van der Waals surface area contributed by atoms with Crippen molar-refractivity contribution in [3.63, 3.8) is 0 Å². The lowest BCUT2D eigenvalue weighted by Crippen LogP contribution is -2.29. The third-order valence-electron chi connectivity index (χ3n) is 2.33. The Morgan fingerprint density at radius 2 is 2.07 bits per heavy atom. The number of carbonyl (C=O) groups is 1. The highest BCUT2D eigenvalue weighted by Gasteiger charge is 2.15. The number of carbonyl (C=O) groups excluding carboxylic acids is 1. The van der Waals surface area contributed by atoms with Gasteiger partial charge in [0.1, 0.15) is 0 Å². The molecule has 82 valence electrons. The van der Waals surface area contributed by atoms with Crippen molar-refractivity contribution in [1.29, 1.82) is 0 Å². The van der Waals surface area contributed by atoms with E-state index in [4.69, 9.17) is 5.73 Å². The minimum Gasteiger partial charge on any atom is -0.330 e. The molecule has 1 aromatic rings. The van der Waals surface area contributed by atoms with Crippen LogP contribution in [0.4, 0.5) is 5.69 Å². The molecule has 0 spiro atoms. The summed E-state index contributed by atoms with van der Waals surface area (Å²) >= 11 is 0. The van der Waals surface area contributed by atoms with Crippen LogP contribution in [0.2, 0.25) is 0 Å². The van der Waals surface area contributed by atoms with Crippen LogP contribution in [0.3, 0.4) is 0 Å². The van der Waals surface area contributed by atoms with E-state index in [-0.39, 0.29) is 11.8 Å². The summed E-state index contributed by atoms with van der Waals surface area (Å²) in [6.07, 6.45) is 1.82. The predicted octanol–water partition coefficient (Wildman–Crippen LogP) is 2.00. The van der Waals surface area contributed by atoms with E-state index in [1.807, 2.05) is 30.3 Å². The van der Waals surface area contributed by atoms with E-state index in [1.165, 1.54) is 0 Å². The van der Waals surface area contributed by atoms with Gasteiger partial charge in [-0.25, -0.2) is 0 Å². The Morgan fingerprint density at radius 1 is 1.40 bits per heavy atom. The van der Waals surface area contributed by atoms with Crippen molar-refractivity contribution in [1.82, 2.24) is 0 Å². The Hall–Kier alpha value is -1.35. The van der Waals surface area contributed by atoms with Crippen LogP contribution in [0.15, 0.2) is 30.3 Å². The fourth-order valence-corrected chi connectivity index (χ4v) is 1.47. The number of hydrogen-bond acceptors (Lipinski definition) is 2. The quantitative estimate of drug-likeness (QED) is 0.774. The molecule has 0 radical (unpaired) electrons. The monoisotopic (exact) mass is 206 g/mol. The lowest BCUT2D eigenvalue weighted by Gasteiger charge is -2.13. The summed E-state index contributed by atoms with van der Waals surface area (Å²) < 4.78 is 0. The average molecular weight is 206 g/mol. The maximum absolute atomic E-state index is 11.7. The van der Waals surface area contributed by atoms with E-state index >= 15 is 0 Å². The Morgan fingerprint density at radius 3 is 2.60 bits per heavy atom. The molecule has 0 aromatic heterocycles. The molecule has 0 saturated heterocycles. The number of rotatable bonds is 5. The molecule has 0 aliphatic heterocycles. The molecule has 15 heavy (non-hydrogen) atoms. The smallest absolute Gasteiger partial charge is 0.228 e. The standard InChI is InChI=1S/C12H18N2O/c1-2-6-10(9-13)12(15)14-11-7-4-3-5-8-11/h3-5,7-8,10H,2,6,9,13H2,1H3,(H,14,15). The zero-order chi connectivity index (χ0) is 11.1. The zero-order valence-corrected chi connectivity index (χ0v) is 9.07. The fourth-order valence-electron chi connectivity index (χ4n) is 1.47. The summed E-state index contributed by atoms with van der Waals surface area (Å²) in [4.78, 5) is 11.7. The minimum absolute atomic E-state index is 0.0190. The fraction of sp³-hybridized carbons (Fsp3) is 0.417. The number of nitrogens with two attached hydrogens (primary N) is 1. The van der Waals surface area contributed by atoms with Crippen molar-refractivity contribution in [2.45, 2.75) is 19.8 Å². The van der Waals surface area contributed by atoms with Crippen LogP contribution in [0.5, 0.6) is 0 Å². The molecule has 3 nitrogen and oxygen atoms in total. The number of para-hydroxylation sites is 1. The van der Waals surface area contributed by atoms with E-state index in [9.17, 15) is 4.79 Å². The molecule has 1 unspecified atom stereocenters. The topological polar surface area (TPSA) is 55.1 Å². The Kier molecular flexibility index (Phi) is 4.84. The van der Waals surface area contributed by atoms with Gasteiger partial charge >= 0.3 is 0 Å². The van der Waals surface area contributed by atoms with Crippen LogP contribution in [0.25, 0.3) is 0 Å². The Balaban J connectivity index is 2.54. The largest absolute Gasteiger partial charge is 0.330 e. The van der Waals surface area contributed by atoms with Crippen LogP contribution < -0.4 is 11.1 Å². The van der Waals surface area contributed by atoms with Gasteiger partial charge < -0.3 is 11.1 Å². The Labute approximate surface area is 90.7 Å². The number of hydrogen-bond donors (Lipinski definition) is 2. The molecule has 0 heterocycles. The van der Waals surface area contributed by atoms with Crippen molar-refractivity contribution in [3.05, 3.63) is 30.3 Å². The molecule has 0 aliphatic carbocycles. The van der Waals surface area contributed by atoms with E-state index in [2.05, 4.69) is 12.2 Å². The molecular weight excluding hydrogens is 188 g/mol. The van der Waals surface area contributed by atoms with Crippen molar-refractivity contribution in [2.24, 2.45) is 11.7 Å². The number of amides is 1. The minimum atomic E-state index is -0.0739. The first-order valence-electron chi connectivity index (χ1n) is 5.34. The van der Waals surface area contributed by atoms with Gasteiger partial charge in [0.25, 0.3) is 0 Å². The maximum Gasteiger partial charge on any atom is 0.228 e. The lowest BCUT2D eigenvalue weighted by atomic mass is 10.0. The summed E-state index contributed by atoms with van der Waals surface area (Å²) in [5.41, 5.74) is 6.38. The van der Waals surface area contributed by atoms with E-state index in [1.54, 1.807) is 0 Å². The van der Waals surface area contributed by atoms with Gasteiger partial charge in [0, 0.05) is 12.2 Å². The van der Waals surface area contributed by atoms with E-state index < -0.39 is 0 Å². The van der Waals surface area contributed by atoms with Gasteiger partial charge in [-0.05, 0) is 18.6 Å². The van der Waals surface area contributed by atoms with Crippen molar-refractivity contribution < 1.29 is 4.79 Å². The predicted molar refractivity (Wildman–Crippen MR) is 62.5 cm³/mol. The molecule has 0 aliphatic rings. The second-order valence-corrected chi connectivity index (χ2v) is 3.58. The van der Waals surface area contributed by atoms with Crippen LogP contribution in [-0.2, 0) is 4.79 Å². The maximum atomic E-state index is 11.7. The van der Waals surface area contributed by atoms with Gasteiger partial charge in [-0.15, -0.1) is 0 Å². The summed E-state index contributed by atoms with van der Waals surface area (Å²) in [6, 6.07) is 9.46. The van der Waals surface area contributed by atoms with Crippen molar-refractivity contribution in [3.8, 4) is 0 Å². The normalized spacial score (nSPS) is 12.1. The molecule has 1 aromatic carbocycles. The van der Waals surface area contributed by atoms with Gasteiger partial charge in [-0.2, -0.15) is 0 Å². The highest BCUT2D eigenvalue weighted by atomic mass is 16.1. The average Bonchev–Trinajstić information content (AvgIpc) is 2.27. The summed E-state index contributed by atoms with van der Waals surface area (Å²) in [5, 5.41) is 2.86. The van der Waals surface area contributed by atoms with Crippen LogP contribution in [0, 0.1) is 5.92 Å². The van der Waals surface area contributed by atoms with Gasteiger partial charge in [0.05, 0.1) is 5.92 Å². The lowest BCUT2D eigenvalue weighted by molar-refractivity contribution is -0.119. The van der Waals surface area contributed by atoms with E-state index in [0.717, 1.165) is 18.5 Å². The highest BCUT2D eigenvalue weighted by molar-refractivity contribution is 5.92. The summed E-state index contributed by atoms with van der Waals surface area (Å²) in [7, 11) is 0. The zero-order valence-electron chi connectivity index (χ0n) is 9.07. The molecule has 0 saturated carbocycles. The molecule has 1 amide bonds. The van der Waals surface area contributed by atoms with Crippen LogP contribution in [-0.4, -0.2) is 12.5 Å². The second kappa shape index (κ2) is 6.19. The first kappa shape index (κ1) is 11.7.